The highest BCUT2D eigenvalue weighted by Crippen LogP contribution is 2.42. The summed E-state index contributed by atoms with van der Waals surface area (Å²) in [4.78, 5) is 0.430. The van der Waals surface area contributed by atoms with Crippen LogP contribution >= 0.6 is 35.4 Å². The van der Waals surface area contributed by atoms with Crippen molar-refractivity contribution >= 4 is 40.4 Å². The van der Waals surface area contributed by atoms with E-state index in [1.54, 1.807) is 0 Å². The lowest BCUT2D eigenvalue weighted by Gasteiger charge is -2.32. The van der Waals surface area contributed by atoms with Crippen molar-refractivity contribution in [2.75, 3.05) is 7.05 Å². The molecular formula is C18H18Cl2N2S. The third-order valence-electron chi connectivity index (χ3n) is 4.56. The first kappa shape index (κ1) is 16.7. The number of hydrogen-bond donors (Lipinski definition) is 2. The Morgan fingerprint density at radius 2 is 1.87 bits per heavy atom. The first-order valence-electron chi connectivity index (χ1n) is 7.57. The van der Waals surface area contributed by atoms with Gasteiger partial charge in [-0.1, -0.05) is 53.6 Å². The Labute approximate surface area is 152 Å². The minimum Gasteiger partial charge on any atom is -0.389 e. The van der Waals surface area contributed by atoms with Crippen LogP contribution in [0.25, 0.3) is 0 Å². The standard InChI is InChI=1S/C18H18Cl2N2S/c1-22-17-7-5-12(10-3-6-15(19)16(20)9-10)13-4-2-11(18(21)23)8-14(13)17/h2-4,6,8-9,12,17,22H,5,7H2,1H3,(H2,21,23)/t12-,17-/m0/s1. The second kappa shape index (κ2) is 6.78. The van der Waals surface area contributed by atoms with Crippen molar-refractivity contribution in [1.82, 2.24) is 5.32 Å². The maximum absolute atomic E-state index is 6.20. The summed E-state index contributed by atoms with van der Waals surface area (Å²) in [5.41, 5.74) is 10.5. The van der Waals surface area contributed by atoms with E-state index < -0.39 is 0 Å². The molecule has 2 nitrogen and oxygen atoms in total. The minimum absolute atomic E-state index is 0.310. The molecule has 3 rings (SSSR count). The largest absolute Gasteiger partial charge is 0.389 e. The predicted molar refractivity (Wildman–Crippen MR) is 102 cm³/mol. The van der Waals surface area contributed by atoms with E-state index in [4.69, 9.17) is 41.2 Å². The maximum atomic E-state index is 6.20. The van der Waals surface area contributed by atoms with Gasteiger partial charge < -0.3 is 11.1 Å². The summed E-state index contributed by atoms with van der Waals surface area (Å²) >= 11 is 17.4. The number of benzene rings is 2. The van der Waals surface area contributed by atoms with Gasteiger partial charge in [-0.3, -0.25) is 0 Å². The fourth-order valence-electron chi connectivity index (χ4n) is 3.37. The third-order valence-corrected chi connectivity index (χ3v) is 5.54. The van der Waals surface area contributed by atoms with Crippen molar-refractivity contribution in [3.63, 3.8) is 0 Å². The van der Waals surface area contributed by atoms with Crippen molar-refractivity contribution in [3.8, 4) is 0 Å². The van der Waals surface area contributed by atoms with Gasteiger partial charge in [-0.2, -0.15) is 0 Å². The molecule has 0 aliphatic heterocycles. The third kappa shape index (κ3) is 3.24. The smallest absolute Gasteiger partial charge is 0.103 e. The van der Waals surface area contributed by atoms with Crippen LogP contribution in [0, 0.1) is 0 Å². The van der Waals surface area contributed by atoms with Crippen molar-refractivity contribution in [3.05, 3.63) is 68.7 Å². The van der Waals surface area contributed by atoms with E-state index in [1.165, 1.54) is 16.7 Å². The molecule has 2 aromatic rings. The molecular weight excluding hydrogens is 347 g/mol. The Kier molecular flexibility index (Phi) is 4.93. The summed E-state index contributed by atoms with van der Waals surface area (Å²) in [5, 5.41) is 4.57. The average Bonchev–Trinajstić information content (AvgIpc) is 2.55. The second-order valence-electron chi connectivity index (χ2n) is 5.85. The molecule has 0 unspecified atom stereocenters. The summed E-state index contributed by atoms with van der Waals surface area (Å²) in [6, 6.07) is 12.5. The highest BCUT2D eigenvalue weighted by atomic mass is 35.5. The molecule has 5 heteroatoms. The van der Waals surface area contributed by atoms with Crippen LogP contribution in [0.3, 0.4) is 0 Å². The maximum Gasteiger partial charge on any atom is 0.103 e. The molecule has 0 spiro atoms. The molecule has 0 fully saturated rings. The van der Waals surface area contributed by atoms with E-state index in [-0.39, 0.29) is 0 Å². The minimum atomic E-state index is 0.310. The Morgan fingerprint density at radius 3 is 2.52 bits per heavy atom. The van der Waals surface area contributed by atoms with Crippen LogP contribution in [0.4, 0.5) is 0 Å². The van der Waals surface area contributed by atoms with Crippen molar-refractivity contribution in [1.29, 1.82) is 0 Å². The van der Waals surface area contributed by atoms with Gasteiger partial charge in [0.15, 0.2) is 0 Å². The number of thiocarbonyl (C=S) groups is 1. The summed E-state index contributed by atoms with van der Waals surface area (Å²) in [5.74, 6) is 0.310. The van der Waals surface area contributed by atoms with E-state index in [1.807, 2.05) is 25.2 Å². The van der Waals surface area contributed by atoms with E-state index in [0.717, 1.165) is 18.4 Å². The van der Waals surface area contributed by atoms with Crippen LogP contribution in [0.2, 0.25) is 10.0 Å². The van der Waals surface area contributed by atoms with Crippen LogP contribution in [0.15, 0.2) is 36.4 Å². The zero-order chi connectivity index (χ0) is 16.6. The Balaban J connectivity index is 2.08. The predicted octanol–water partition coefficient (Wildman–Crippen LogP) is 4.81. The van der Waals surface area contributed by atoms with Crippen molar-refractivity contribution in [2.24, 2.45) is 5.73 Å². The second-order valence-corrected chi connectivity index (χ2v) is 7.11. The van der Waals surface area contributed by atoms with Crippen LogP contribution in [-0.4, -0.2) is 12.0 Å². The number of halogens is 2. The molecule has 3 N–H and O–H groups in total. The molecule has 2 atom stereocenters. The Morgan fingerprint density at radius 1 is 1.09 bits per heavy atom. The zero-order valence-electron chi connectivity index (χ0n) is 12.8. The molecule has 0 heterocycles. The SMILES string of the molecule is CN[C@H]1CC[C@@H](c2ccc(Cl)c(Cl)c2)c2ccc(C(N)=S)cc21. The summed E-state index contributed by atoms with van der Waals surface area (Å²) in [7, 11) is 1.99. The van der Waals surface area contributed by atoms with Crippen LogP contribution in [0.1, 0.15) is 47.1 Å². The first-order valence-corrected chi connectivity index (χ1v) is 8.73. The zero-order valence-corrected chi connectivity index (χ0v) is 15.1. The molecule has 1 aliphatic rings. The summed E-state index contributed by atoms with van der Waals surface area (Å²) in [6.45, 7) is 0. The highest BCUT2D eigenvalue weighted by molar-refractivity contribution is 7.80. The number of hydrogen-bond acceptors (Lipinski definition) is 2. The molecule has 1 aliphatic carbocycles. The molecule has 0 saturated carbocycles. The average molecular weight is 365 g/mol. The molecule has 0 radical (unpaired) electrons. The van der Waals surface area contributed by atoms with E-state index in [0.29, 0.717) is 27.0 Å². The Bertz CT molecular complexity index is 761. The molecule has 0 amide bonds. The first-order chi connectivity index (χ1) is 11.0. The van der Waals surface area contributed by atoms with Crippen LogP contribution in [0.5, 0.6) is 0 Å². The summed E-state index contributed by atoms with van der Waals surface area (Å²) < 4.78 is 0. The van der Waals surface area contributed by atoms with Gasteiger partial charge in [-0.05, 0) is 54.8 Å². The molecule has 0 aromatic heterocycles. The van der Waals surface area contributed by atoms with E-state index >= 15 is 0 Å². The normalized spacial score (nSPS) is 20.1. The van der Waals surface area contributed by atoms with Gasteiger partial charge in [0, 0.05) is 17.5 Å². The quantitative estimate of drug-likeness (QED) is 0.767. The fraction of sp³-hybridized carbons (Fsp3) is 0.278. The van der Waals surface area contributed by atoms with Gasteiger partial charge in [0.1, 0.15) is 4.99 Å². The number of fused-ring (bicyclic) bond motifs is 1. The van der Waals surface area contributed by atoms with Crippen LogP contribution in [-0.2, 0) is 0 Å². The van der Waals surface area contributed by atoms with E-state index in [9.17, 15) is 0 Å². The van der Waals surface area contributed by atoms with Gasteiger partial charge >= 0.3 is 0 Å². The van der Waals surface area contributed by atoms with E-state index in [2.05, 4.69) is 23.5 Å². The molecule has 0 bridgehead atoms. The van der Waals surface area contributed by atoms with Gasteiger partial charge in [0.2, 0.25) is 0 Å². The lowest BCUT2D eigenvalue weighted by atomic mass is 9.76. The lowest BCUT2D eigenvalue weighted by Crippen LogP contribution is -2.25. The highest BCUT2D eigenvalue weighted by Gasteiger charge is 2.28. The topological polar surface area (TPSA) is 38.0 Å². The monoisotopic (exact) mass is 364 g/mol. The molecule has 2 aromatic carbocycles. The molecule has 23 heavy (non-hydrogen) atoms. The van der Waals surface area contributed by atoms with Crippen LogP contribution < -0.4 is 11.1 Å². The number of nitrogens with one attached hydrogen (secondary N) is 1. The van der Waals surface area contributed by atoms with Gasteiger partial charge in [-0.15, -0.1) is 0 Å². The van der Waals surface area contributed by atoms with Crippen molar-refractivity contribution in [2.45, 2.75) is 24.8 Å². The number of nitrogens with two attached hydrogens (primary N) is 1. The Hall–Kier alpha value is -1.13. The van der Waals surface area contributed by atoms with Gasteiger partial charge in [0.25, 0.3) is 0 Å². The molecule has 120 valence electrons. The fourth-order valence-corrected chi connectivity index (χ4v) is 3.80. The molecule has 0 saturated heterocycles. The number of rotatable bonds is 3. The van der Waals surface area contributed by atoms with Crippen molar-refractivity contribution < 1.29 is 0 Å². The van der Waals surface area contributed by atoms with Gasteiger partial charge in [0.05, 0.1) is 10.0 Å². The van der Waals surface area contributed by atoms with Gasteiger partial charge in [-0.25, -0.2) is 0 Å². The lowest BCUT2D eigenvalue weighted by molar-refractivity contribution is 0.471. The summed E-state index contributed by atoms with van der Waals surface area (Å²) in [6.07, 6.45) is 2.11.